The minimum Gasteiger partial charge on any atom is -0.299 e. The number of fused-ring (bicyclic) bond motifs is 1. The first kappa shape index (κ1) is 22.8. The van der Waals surface area contributed by atoms with E-state index >= 15 is 0 Å². The second kappa shape index (κ2) is 7.91. The molecular formula is C24H21F3N2O3S. The largest absolute Gasteiger partial charge is 0.416 e. The van der Waals surface area contributed by atoms with Crippen molar-refractivity contribution >= 4 is 21.6 Å². The van der Waals surface area contributed by atoms with E-state index in [-0.39, 0.29) is 17.2 Å². The van der Waals surface area contributed by atoms with Gasteiger partial charge in [-0.05, 0) is 73.9 Å². The first-order valence-electron chi connectivity index (χ1n) is 10.1. The molecule has 33 heavy (non-hydrogen) atoms. The number of hydrogen-bond acceptors (Lipinski definition) is 3. The van der Waals surface area contributed by atoms with Gasteiger partial charge >= 0.3 is 6.18 Å². The third kappa shape index (κ3) is 4.20. The van der Waals surface area contributed by atoms with Crippen molar-refractivity contribution in [3.63, 3.8) is 0 Å². The topological polar surface area (TPSA) is 66.5 Å². The monoisotopic (exact) mass is 474 g/mol. The van der Waals surface area contributed by atoms with E-state index in [0.29, 0.717) is 22.5 Å². The Hall–Kier alpha value is -3.33. The van der Waals surface area contributed by atoms with Gasteiger partial charge in [0.25, 0.3) is 15.9 Å². The molecule has 1 atom stereocenters. The van der Waals surface area contributed by atoms with Crippen LogP contribution in [0.5, 0.6) is 0 Å². The average Bonchev–Trinajstić information content (AvgIpc) is 2.75. The van der Waals surface area contributed by atoms with Gasteiger partial charge in [-0.2, -0.15) is 13.2 Å². The number of nitrogens with one attached hydrogen (secondary N) is 1. The van der Waals surface area contributed by atoms with Crippen LogP contribution in [-0.2, 0) is 21.0 Å². The molecular weight excluding hydrogens is 453 g/mol. The fourth-order valence-corrected chi connectivity index (χ4v) is 5.29. The van der Waals surface area contributed by atoms with Crippen LogP contribution in [0.15, 0.2) is 94.6 Å². The number of hydrogen-bond donors (Lipinski definition) is 1. The molecule has 1 heterocycles. The molecule has 1 aliphatic carbocycles. The van der Waals surface area contributed by atoms with E-state index in [1.165, 1.54) is 35.2 Å². The predicted molar refractivity (Wildman–Crippen MR) is 119 cm³/mol. The lowest BCUT2D eigenvalue weighted by Gasteiger charge is -2.47. The molecule has 0 saturated heterocycles. The molecule has 172 valence electrons. The molecule has 1 aliphatic heterocycles. The highest BCUT2D eigenvalue weighted by Crippen LogP contribution is 2.43. The van der Waals surface area contributed by atoms with Gasteiger partial charge in [0, 0.05) is 17.5 Å². The lowest BCUT2D eigenvalue weighted by molar-refractivity contribution is -0.137. The first-order chi connectivity index (χ1) is 15.4. The normalized spacial score (nSPS) is 21.1. The molecule has 2 aliphatic rings. The lowest BCUT2D eigenvalue weighted by atomic mass is 9.76. The van der Waals surface area contributed by atoms with Gasteiger partial charge in [-0.25, -0.2) is 8.42 Å². The molecule has 0 saturated carbocycles. The van der Waals surface area contributed by atoms with Crippen molar-refractivity contribution < 1.29 is 26.4 Å². The Morgan fingerprint density at radius 1 is 1.00 bits per heavy atom. The van der Waals surface area contributed by atoms with Gasteiger partial charge in [0.05, 0.1) is 16.0 Å². The van der Waals surface area contributed by atoms with E-state index < -0.39 is 27.3 Å². The maximum Gasteiger partial charge on any atom is 0.416 e. The summed E-state index contributed by atoms with van der Waals surface area (Å²) in [7, 11) is -3.80. The Morgan fingerprint density at radius 3 is 2.24 bits per heavy atom. The van der Waals surface area contributed by atoms with Gasteiger partial charge in [-0.3, -0.25) is 14.4 Å². The van der Waals surface area contributed by atoms with Crippen molar-refractivity contribution in [2.24, 2.45) is 0 Å². The molecule has 0 radical (unpaired) electrons. The van der Waals surface area contributed by atoms with Crippen LogP contribution in [0, 0.1) is 0 Å². The number of rotatable bonds is 4. The van der Waals surface area contributed by atoms with Crippen LogP contribution >= 0.6 is 0 Å². The number of sulfonamides is 1. The van der Waals surface area contributed by atoms with E-state index in [1.54, 1.807) is 37.3 Å². The summed E-state index contributed by atoms with van der Waals surface area (Å²) in [6.07, 6.45) is 0.532. The summed E-state index contributed by atoms with van der Waals surface area (Å²) >= 11 is 0. The van der Waals surface area contributed by atoms with Crippen LogP contribution in [0.3, 0.4) is 0 Å². The third-order valence-corrected chi connectivity index (χ3v) is 7.23. The zero-order chi connectivity index (χ0) is 24.0. The highest BCUT2D eigenvalue weighted by Gasteiger charge is 2.44. The molecule has 1 amide bonds. The maximum absolute atomic E-state index is 13.0. The van der Waals surface area contributed by atoms with E-state index in [4.69, 9.17) is 0 Å². The Labute approximate surface area is 190 Å². The molecule has 0 aromatic heterocycles. The summed E-state index contributed by atoms with van der Waals surface area (Å²) in [5, 5.41) is 0. The summed E-state index contributed by atoms with van der Waals surface area (Å²) in [5.74, 6) is -0.353. The number of anilines is 1. The summed E-state index contributed by atoms with van der Waals surface area (Å²) in [6, 6.07) is 12.4. The molecule has 0 bridgehead atoms. The Kier molecular flexibility index (Phi) is 5.48. The standard InChI is InChI=1S/C24H21F3N2O3S/c1-16-14-22(30)29(19-10-8-17(9-11-19)24(25,26)27)23(2)13-12-18(15-21(16)23)28-33(31,32)20-6-4-3-5-7-20/h3-12,14-15,28H,13H2,1-2H3. The smallest absolute Gasteiger partial charge is 0.299 e. The zero-order valence-electron chi connectivity index (χ0n) is 17.8. The fraction of sp³-hybridized carbons (Fsp3) is 0.208. The van der Waals surface area contributed by atoms with Gasteiger partial charge in [0.15, 0.2) is 0 Å². The molecule has 2 aromatic carbocycles. The van der Waals surface area contributed by atoms with Crippen molar-refractivity contribution in [3.8, 4) is 0 Å². The number of amides is 1. The van der Waals surface area contributed by atoms with Crippen LogP contribution in [-0.4, -0.2) is 19.9 Å². The number of allylic oxidation sites excluding steroid dienone is 1. The van der Waals surface area contributed by atoms with Gasteiger partial charge in [0.1, 0.15) is 0 Å². The first-order valence-corrected chi connectivity index (χ1v) is 11.6. The van der Waals surface area contributed by atoms with Crippen LogP contribution in [0.4, 0.5) is 18.9 Å². The van der Waals surface area contributed by atoms with Crippen LogP contribution in [0.2, 0.25) is 0 Å². The van der Waals surface area contributed by atoms with Crippen LogP contribution < -0.4 is 9.62 Å². The summed E-state index contributed by atoms with van der Waals surface area (Å²) in [6.45, 7) is 3.56. The highest BCUT2D eigenvalue weighted by atomic mass is 32.2. The summed E-state index contributed by atoms with van der Waals surface area (Å²) in [4.78, 5) is 14.5. The number of nitrogens with zero attached hydrogens (tertiary/aromatic N) is 1. The van der Waals surface area contributed by atoms with Crippen LogP contribution in [0.1, 0.15) is 25.8 Å². The second-order valence-corrected chi connectivity index (χ2v) is 9.84. The Morgan fingerprint density at radius 2 is 1.64 bits per heavy atom. The van der Waals surface area contributed by atoms with Gasteiger partial charge in [0.2, 0.25) is 0 Å². The number of alkyl halides is 3. The minimum atomic E-state index is -4.48. The maximum atomic E-state index is 13.0. The van der Waals surface area contributed by atoms with Crippen LogP contribution in [0.25, 0.3) is 0 Å². The van der Waals surface area contributed by atoms with Gasteiger partial charge in [-0.15, -0.1) is 0 Å². The lowest BCUT2D eigenvalue weighted by Crippen LogP contribution is -2.54. The molecule has 0 fully saturated rings. The molecule has 0 spiro atoms. The van der Waals surface area contributed by atoms with E-state index in [1.807, 2.05) is 6.92 Å². The van der Waals surface area contributed by atoms with E-state index in [0.717, 1.165) is 12.1 Å². The molecule has 4 rings (SSSR count). The quantitative estimate of drug-likeness (QED) is 0.682. The summed E-state index contributed by atoms with van der Waals surface area (Å²) < 4.78 is 66.9. The third-order valence-electron chi connectivity index (χ3n) is 5.84. The fourth-order valence-electron chi connectivity index (χ4n) is 4.21. The average molecular weight is 475 g/mol. The van der Waals surface area contributed by atoms with E-state index in [2.05, 4.69) is 4.72 Å². The van der Waals surface area contributed by atoms with Crippen molar-refractivity contribution in [2.75, 3.05) is 4.90 Å². The van der Waals surface area contributed by atoms with Gasteiger partial charge in [-0.1, -0.05) is 24.3 Å². The second-order valence-electron chi connectivity index (χ2n) is 8.16. The number of carbonyl (C=O) groups excluding carboxylic acids is 1. The Balaban J connectivity index is 1.68. The molecule has 2 aromatic rings. The van der Waals surface area contributed by atoms with Crippen molar-refractivity contribution in [1.82, 2.24) is 4.72 Å². The zero-order valence-corrected chi connectivity index (χ0v) is 18.7. The number of benzene rings is 2. The molecule has 5 nitrogen and oxygen atoms in total. The summed E-state index contributed by atoms with van der Waals surface area (Å²) in [5.41, 5.74) is 0.361. The molecule has 1 N–H and O–H groups in total. The predicted octanol–water partition coefficient (Wildman–Crippen LogP) is 4.95. The molecule has 1 unspecified atom stereocenters. The number of carbonyl (C=O) groups is 1. The molecule has 9 heteroatoms. The van der Waals surface area contributed by atoms with E-state index in [9.17, 15) is 26.4 Å². The van der Waals surface area contributed by atoms with Crippen molar-refractivity contribution in [2.45, 2.75) is 36.9 Å². The SMILES string of the molecule is CC1=CC(=O)N(c2ccc(C(F)(F)F)cc2)C2(C)CC=C(NS(=O)(=O)c3ccccc3)C=C12. The highest BCUT2D eigenvalue weighted by molar-refractivity contribution is 7.89. The van der Waals surface area contributed by atoms with Gasteiger partial charge < -0.3 is 0 Å². The minimum absolute atomic E-state index is 0.120. The Bertz CT molecular complexity index is 1290. The number of halogens is 3. The van der Waals surface area contributed by atoms with Crippen molar-refractivity contribution in [1.29, 1.82) is 0 Å². The van der Waals surface area contributed by atoms with Crippen molar-refractivity contribution in [3.05, 3.63) is 95.2 Å².